The topological polar surface area (TPSA) is 41.6 Å². The molecule has 2 rings (SSSR count). The number of amides is 1. The van der Waals surface area contributed by atoms with Gasteiger partial charge in [-0.25, -0.2) is 0 Å². The molecule has 4 nitrogen and oxygen atoms in total. The maximum atomic E-state index is 12.3. The Kier molecular flexibility index (Phi) is 8.42. The van der Waals surface area contributed by atoms with Gasteiger partial charge in [0.2, 0.25) is 5.91 Å². The molecular formula is C18H29ClN2O2. The zero-order chi connectivity index (χ0) is 15.9. The Hall–Kier alpha value is -1.26. The molecule has 0 unspecified atom stereocenters. The Morgan fingerprint density at radius 2 is 1.87 bits per heavy atom. The SMILES string of the molecule is CNC1CCN(C(=O)Cc2ccc(OCC(C)C)cc2)CC1.Cl. The van der Waals surface area contributed by atoms with E-state index in [1.165, 1.54) is 0 Å². The fraction of sp³-hybridized carbons (Fsp3) is 0.611. The molecule has 0 aromatic heterocycles. The third kappa shape index (κ3) is 6.40. The fourth-order valence-electron chi connectivity index (χ4n) is 2.67. The van der Waals surface area contributed by atoms with E-state index < -0.39 is 0 Å². The lowest BCUT2D eigenvalue weighted by atomic mass is 10.0. The van der Waals surface area contributed by atoms with Crippen LogP contribution in [0.2, 0.25) is 0 Å². The zero-order valence-corrected chi connectivity index (χ0v) is 15.2. The van der Waals surface area contributed by atoms with Gasteiger partial charge < -0.3 is 15.0 Å². The second-order valence-electron chi connectivity index (χ2n) is 6.47. The van der Waals surface area contributed by atoms with Gasteiger partial charge in [-0.15, -0.1) is 12.4 Å². The van der Waals surface area contributed by atoms with E-state index in [0.717, 1.165) is 43.9 Å². The van der Waals surface area contributed by atoms with E-state index in [9.17, 15) is 4.79 Å². The molecule has 1 amide bonds. The molecule has 1 fully saturated rings. The molecule has 1 N–H and O–H groups in total. The molecule has 1 saturated heterocycles. The summed E-state index contributed by atoms with van der Waals surface area (Å²) in [7, 11) is 1.99. The van der Waals surface area contributed by atoms with Crippen LogP contribution in [-0.4, -0.2) is 43.6 Å². The Bertz CT molecular complexity index is 468. The number of hydrogen-bond acceptors (Lipinski definition) is 3. The predicted octanol–water partition coefficient (Wildman–Crippen LogP) is 2.90. The molecule has 0 atom stereocenters. The van der Waals surface area contributed by atoms with Gasteiger partial charge in [0, 0.05) is 19.1 Å². The minimum atomic E-state index is 0. The van der Waals surface area contributed by atoms with E-state index >= 15 is 0 Å². The summed E-state index contributed by atoms with van der Waals surface area (Å²) in [4.78, 5) is 14.3. The van der Waals surface area contributed by atoms with Crippen LogP contribution in [0.4, 0.5) is 0 Å². The fourth-order valence-corrected chi connectivity index (χ4v) is 2.67. The first-order chi connectivity index (χ1) is 10.6. The van der Waals surface area contributed by atoms with E-state index in [0.29, 0.717) is 18.4 Å². The lowest BCUT2D eigenvalue weighted by Crippen LogP contribution is -2.44. The Labute approximate surface area is 146 Å². The second kappa shape index (κ2) is 9.78. The lowest BCUT2D eigenvalue weighted by molar-refractivity contribution is -0.131. The second-order valence-corrected chi connectivity index (χ2v) is 6.47. The van der Waals surface area contributed by atoms with Crippen molar-refractivity contribution in [3.63, 3.8) is 0 Å². The summed E-state index contributed by atoms with van der Waals surface area (Å²) in [6.45, 7) is 6.70. The highest BCUT2D eigenvalue weighted by atomic mass is 35.5. The highest BCUT2D eigenvalue weighted by Crippen LogP contribution is 2.16. The van der Waals surface area contributed by atoms with Gasteiger partial charge in [0.25, 0.3) is 0 Å². The Morgan fingerprint density at radius 3 is 2.39 bits per heavy atom. The number of likely N-dealkylation sites (tertiary alicyclic amines) is 1. The number of hydrogen-bond donors (Lipinski definition) is 1. The van der Waals surface area contributed by atoms with Gasteiger partial charge in [-0.05, 0) is 43.5 Å². The molecule has 130 valence electrons. The van der Waals surface area contributed by atoms with E-state index in [4.69, 9.17) is 4.74 Å². The molecule has 1 heterocycles. The first-order valence-electron chi connectivity index (χ1n) is 8.25. The van der Waals surface area contributed by atoms with Crippen molar-refractivity contribution in [1.82, 2.24) is 10.2 Å². The average Bonchev–Trinajstić information content (AvgIpc) is 2.54. The molecule has 0 bridgehead atoms. The number of piperidine rings is 1. The van der Waals surface area contributed by atoms with Gasteiger partial charge in [-0.2, -0.15) is 0 Å². The van der Waals surface area contributed by atoms with Crippen molar-refractivity contribution in [2.45, 2.75) is 39.2 Å². The van der Waals surface area contributed by atoms with Crippen molar-refractivity contribution < 1.29 is 9.53 Å². The maximum Gasteiger partial charge on any atom is 0.226 e. The van der Waals surface area contributed by atoms with Gasteiger partial charge in [0.1, 0.15) is 5.75 Å². The Morgan fingerprint density at radius 1 is 1.26 bits per heavy atom. The third-order valence-corrected chi connectivity index (χ3v) is 4.12. The van der Waals surface area contributed by atoms with Crippen molar-refractivity contribution >= 4 is 18.3 Å². The number of nitrogens with zero attached hydrogens (tertiary/aromatic N) is 1. The van der Waals surface area contributed by atoms with E-state index in [1.54, 1.807) is 0 Å². The summed E-state index contributed by atoms with van der Waals surface area (Å²) in [5.41, 5.74) is 1.05. The predicted molar refractivity (Wildman–Crippen MR) is 96.4 cm³/mol. The smallest absolute Gasteiger partial charge is 0.226 e. The Balaban J connectivity index is 0.00000264. The molecule has 5 heteroatoms. The lowest BCUT2D eigenvalue weighted by Gasteiger charge is -2.31. The number of benzene rings is 1. The van der Waals surface area contributed by atoms with Crippen LogP contribution in [0.3, 0.4) is 0 Å². The maximum absolute atomic E-state index is 12.3. The van der Waals surface area contributed by atoms with Crippen LogP contribution in [0, 0.1) is 5.92 Å². The summed E-state index contributed by atoms with van der Waals surface area (Å²) in [5, 5.41) is 3.29. The number of halogens is 1. The van der Waals surface area contributed by atoms with Gasteiger partial charge >= 0.3 is 0 Å². The minimum absolute atomic E-state index is 0. The van der Waals surface area contributed by atoms with Crippen molar-refractivity contribution in [1.29, 1.82) is 0 Å². The number of nitrogens with one attached hydrogen (secondary N) is 1. The quantitative estimate of drug-likeness (QED) is 0.865. The molecule has 1 aliphatic rings. The van der Waals surface area contributed by atoms with Gasteiger partial charge in [-0.1, -0.05) is 26.0 Å². The highest BCUT2D eigenvalue weighted by molar-refractivity contribution is 5.85. The van der Waals surface area contributed by atoms with Crippen molar-refractivity contribution in [2.24, 2.45) is 5.92 Å². The summed E-state index contributed by atoms with van der Waals surface area (Å²) < 4.78 is 5.67. The molecule has 0 aliphatic carbocycles. The van der Waals surface area contributed by atoms with Crippen molar-refractivity contribution in [3.8, 4) is 5.75 Å². The van der Waals surface area contributed by atoms with Crippen LogP contribution in [0.25, 0.3) is 0 Å². The van der Waals surface area contributed by atoms with Crippen LogP contribution in [-0.2, 0) is 11.2 Å². The molecule has 0 radical (unpaired) electrons. The molecule has 0 spiro atoms. The number of carbonyl (C=O) groups excluding carboxylic acids is 1. The van der Waals surface area contributed by atoms with Gasteiger partial charge in [0.15, 0.2) is 0 Å². The van der Waals surface area contributed by atoms with Gasteiger partial charge in [0.05, 0.1) is 13.0 Å². The molecule has 1 aliphatic heterocycles. The number of carbonyl (C=O) groups is 1. The summed E-state index contributed by atoms with van der Waals surface area (Å²) >= 11 is 0. The van der Waals surface area contributed by atoms with Crippen LogP contribution in [0.1, 0.15) is 32.3 Å². The van der Waals surface area contributed by atoms with Crippen LogP contribution in [0.15, 0.2) is 24.3 Å². The normalized spacial score (nSPS) is 15.4. The average molecular weight is 341 g/mol. The largest absolute Gasteiger partial charge is 0.493 e. The van der Waals surface area contributed by atoms with E-state index in [1.807, 2.05) is 36.2 Å². The van der Waals surface area contributed by atoms with Crippen LogP contribution < -0.4 is 10.1 Å². The summed E-state index contributed by atoms with van der Waals surface area (Å²) in [6.07, 6.45) is 2.57. The van der Waals surface area contributed by atoms with Crippen molar-refractivity contribution in [3.05, 3.63) is 29.8 Å². The number of ether oxygens (including phenoxy) is 1. The van der Waals surface area contributed by atoms with Crippen molar-refractivity contribution in [2.75, 3.05) is 26.7 Å². The first kappa shape index (κ1) is 19.8. The molecule has 0 saturated carbocycles. The highest BCUT2D eigenvalue weighted by Gasteiger charge is 2.21. The minimum Gasteiger partial charge on any atom is -0.493 e. The van der Waals surface area contributed by atoms with E-state index in [-0.39, 0.29) is 18.3 Å². The third-order valence-electron chi connectivity index (χ3n) is 4.12. The molecule has 1 aromatic carbocycles. The summed E-state index contributed by atoms with van der Waals surface area (Å²) in [6, 6.07) is 8.46. The monoisotopic (exact) mass is 340 g/mol. The molecular weight excluding hydrogens is 312 g/mol. The standard InChI is InChI=1S/C18H28N2O2.ClH/c1-14(2)13-22-17-6-4-15(5-7-17)12-18(21)20-10-8-16(19-3)9-11-20;/h4-7,14,16,19H,8-13H2,1-3H3;1H. The molecule has 23 heavy (non-hydrogen) atoms. The van der Waals surface area contributed by atoms with Gasteiger partial charge in [-0.3, -0.25) is 4.79 Å². The van der Waals surface area contributed by atoms with Crippen LogP contribution >= 0.6 is 12.4 Å². The molecule has 1 aromatic rings. The first-order valence-corrected chi connectivity index (χ1v) is 8.25. The zero-order valence-electron chi connectivity index (χ0n) is 14.4. The number of rotatable bonds is 6. The summed E-state index contributed by atoms with van der Waals surface area (Å²) in [5.74, 6) is 1.62. The van der Waals surface area contributed by atoms with Crippen LogP contribution in [0.5, 0.6) is 5.75 Å². The van der Waals surface area contributed by atoms with E-state index in [2.05, 4.69) is 19.2 Å².